The Balaban J connectivity index is 1.12. The van der Waals surface area contributed by atoms with E-state index in [9.17, 15) is 18.0 Å². The lowest BCUT2D eigenvalue weighted by Gasteiger charge is -2.37. The minimum Gasteiger partial charge on any atom is -0.476 e. The van der Waals surface area contributed by atoms with Gasteiger partial charge < -0.3 is 14.2 Å². The van der Waals surface area contributed by atoms with Gasteiger partial charge in [-0.3, -0.25) is 14.5 Å². The highest BCUT2D eigenvalue weighted by molar-refractivity contribution is 7.90. The number of carbonyl (C=O) groups is 1. The predicted molar refractivity (Wildman–Crippen MR) is 189 cm³/mol. The first-order valence-corrected chi connectivity index (χ1v) is 17.5. The molecule has 0 saturated carbocycles. The smallest absolute Gasteiger partial charge is 0.275 e. The summed E-state index contributed by atoms with van der Waals surface area (Å²) in [5.41, 5.74) is 4.49. The number of amides is 1. The van der Waals surface area contributed by atoms with Gasteiger partial charge in [0.05, 0.1) is 22.1 Å². The number of likely N-dealkylation sites (N-methyl/N-ethyl adjacent to an activating group) is 1. The van der Waals surface area contributed by atoms with Crippen molar-refractivity contribution in [2.24, 2.45) is 7.05 Å². The van der Waals surface area contributed by atoms with Gasteiger partial charge in [0, 0.05) is 80.3 Å². The highest BCUT2D eigenvalue weighted by atomic mass is 32.2. The summed E-state index contributed by atoms with van der Waals surface area (Å²) >= 11 is 0. The summed E-state index contributed by atoms with van der Waals surface area (Å²) in [6.45, 7) is 6.43. The lowest BCUT2D eigenvalue weighted by atomic mass is 10.0. The Kier molecular flexibility index (Phi) is 8.29. The van der Waals surface area contributed by atoms with Gasteiger partial charge in [0.2, 0.25) is 11.8 Å². The van der Waals surface area contributed by atoms with Gasteiger partial charge in [0.15, 0.2) is 0 Å². The molecule has 0 spiro atoms. The number of aryl methyl sites for hydroxylation is 2. The molecule has 1 aliphatic heterocycles. The molecule has 1 atom stereocenters. The minimum absolute atomic E-state index is 0.0711. The number of hydrogen-bond donors (Lipinski definition) is 0. The Bertz CT molecular complexity index is 2380. The molecule has 1 saturated heterocycles. The average molecular weight is 677 g/mol. The van der Waals surface area contributed by atoms with Crippen molar-refractivity contribution in [1.29, 1.82) is 0 Å². The predicted octanol–water partition coefficient (Wildman–Crippen LogP) is 4.70. The van der Waals surface area contributed by atoms with E-state index in [0.29, 0.717) is 42.2 Å². The normalized spacial score (nSPS) is 15.7. The molecule has 0 radical (unpaired) electrons. The quantitative estimate of drug-likeness (QED) is 0.228. The summed E-state index contributed by atoms with van der Waals surface area (Å²) in [4.78, 5) is 39.0. The van der Waals surface area contributed by atoms with E-state index in [1.54, 1.807) is 54.7 Å². The molecule has 5 heterocycles. The highest BCUT2D eigenvalue weighted by Crippen LogP contribution is 2.31. The SMILES string of the molecule is Cc1ccc(S(=O)(=O)n2ccc3c(-c4ccc5cc(-c6ccc(OCCN7CCN(C)C(=O)[C@H]7C)nc6)ccc5n4)cn(C)c(=O)c32)cc1. The molecule has 0 N–H and O–H groups in total. The molecule has 1 aliphatic rings. The van der Waals surface area contributed by atoms with Crippen LogP contribution in [-0.2, 0) is 21.9 Å². The van der Waals surface area contributed by atoms with E-state index < -0.39 is 15.6 Å². The van der Waals surface area contributed by atoms with Crippen LogP contribution in [0.4, 0.5) is 0 Å². The van der Waals surface area contributed by atoms with E-state index in [1.165, 1.54) is 10.8 Å². The fraction of sp³-hybridized carbons (Fsp3) is 0.243. The van der Waals surface area contributed by atoms with Crippen molar-refractivity contribution in [3.8, 4) is 28.3 Å². The van der Waals surface area contributed by atoms with Crippen molar-refractivity contribution in [2.45, 2.75) is 24.8 Å². The van der Waals surface area contributed by atoms with Crippen molar-refractivity contribution in [3.05, 3.63) is 107 Å². The van der Waals surface area contributed by atoms with Crippen molar-refractivity contribution in [2.75, 3.05) is 33.3 Å². The molecule has 49 heavy (non-hydrogen) atoms. The van der Waals surface area contributed by atoms with E-state index in [0.717, 1.165) is 38.1 Å². The van der Waals surface area contributed by atoms with Gasteiger partial charge in [-0.05, 0) is 61.9 Å². The van der Waals surface area contributed by atoms with Crippen LogP contribution < -0.4 is 10.3 Å². The standard InChI is InChI=1S/C37H36N6O5S/c1-24-5-10-29(11-6-24)49(46,47)43-16-15-30-31(23-41(4)37(45)35(30)43)33-13-8-27-21-26(7-12-32(27)39-33)28-9-14-34(38-22-28)48-20-19-42-18-17-40(3)36(44)25(42)2/h5-16,21-23,25H,17-20H2,1-4H3/t25-/m1/s1. The number of pyridine rings is 3. The molecular formula is C37H36N6O5S. The number of ether oxygens (including phenoxy) is 1. The van der Waals surface area contributed by atoms with Crippen LogP contribution in [0.15, 0.2) is 101 Å². The second kappa shape index (κ2) is 12.6. The lowest BCUT2D eigenvalue weighted by Crippen LogP contribution is -2.55. The summed E-state index contributed by atoms with van der Waals surface area (Å²) in [7, 11) is -0.567. The Morgan fingerprint density at radius 2 is 1.69 bits per heavy atom. The largest absolute Gasteiger partial charge is 0.476 e. The zero-order chi connectivity index (χ0) is 34.4. The third-order valence-corrected chi connectivity index (χ3v) is 10.9. The molecule has 11 nitrogen and oxygen atoms in total. The van der Waals surface area contributed by atoms with Crippen molar-refractivity contribution in [3.63, 3.8) is 0 Å². The molecule has 250 valence electrons. The van der Waals surface area contributed by atoms with Gasteiger partial charge in [0.25, 0.3) is 15.6 Å². The van der Waals surface area contributed by atoms with Gasteiger partial charge in [-0.2, -0.15) is 0 Å². The molecular weight excluding hydrogens is 641 g/mol. The molecule has 0 aliphatic carbocycles. The molecule has 0 unspecified atom stereocenters. The Morgan fingerprint density at radius 1 is 0.918 bits per heavy atom. The van der Waals surface area contributed by atoms with E-state index in [4.69, 9.17) is 9.72 Å². The van der Waals surface area contributed by atoms with E-state index >= 15 is 0 Å². The molecule has 0 bridgehead atoms. The number of piperazine rings is 1. The molecule has 7 rings (SSSR count). The number of rotatable bonds is 8. The maximum Gasteiger partial charge on any atom is 0.275 e. The first-order valence-electron chi connectivity index (χ1n) is 16.0. The van der Waals surface area contributed by atoms with Crippen LogP contribution in [0.5, 0.6) is 5.88 Å². The van der Waals surface area contributed by atoms with Crippen molar-refractivity contribution < 1.29 is 17.9 Å². The van der Waals surface area contributed by atoms with Crippen LogP contribution in [0.1, 0.15) is 12.5 Å². The van der Waals surface area contributed by atoms with Gasteiger partial charge >= 0.3 is 0 Å². The van der Waals surface area contributed by atoms with Crippen LogP contribution in [0.25, 0.3) is 44.2 Å². The van der Waals surface area contributed by atoms with Gasteiger partial charge in [0.1, 0.15) is 12.1 Å². The number of nitrogens with zero attached hydrogens (tertiary/aromatic N) is 6. The first-order chi connectivity index (χ1) is 23.5. The van der Waals surface area contributed by atoms with Crippen LogP contribution in [0.3, 0.4) is 0 Å². The van der Waals surface area contributed by atoms with E-state index in [2.05, 4.69) is 9.88 Å². The fourth-order valence-corrected chi connectivity index (χ4v) is 7.63. The van der Waals surface area contributed by atoms with E-state index in [-0.39, 0.29) is 22.4 Å². The van der Waals surface area contributed by atoms with Crippen molar-refractivity contribution in [1.82, 2.24) is 28.3 Å². The van der Waals surface area contributed by atoms with E-state index in [1.807, 2.05) is 63.4 Å². The summed E-state index contributed by atoms with van der Waals surface area (Å²) in [5, 5.41) is 1.42. The van der Waals surface area contributed by atoms with Gasteiger partial charge in [-0.1, -0.05) is 29.8 Å². The molecule has 4 aromatic heterocycles. The van der Waals surface area contributed by atoms with Crippen LogP contribution in [0, 0.1) is 6.92 Å². The number of fused-ring (bicyclic) bond motifs is 2. The Morgan fingerprint density at radius 3 is 2.45 bits per heavy atom. The monoisotopic (exact) mass is 676 g/mol. The second-order valence-electron chi connectivity index (χ2n) is 12.5. The molecule has 12 heteroatoms. The number of hydrogen-bond acceptors (Lipinski definition) is 8. The third kappa shape index (κ3) is 5.98. The van der Waals surface area contributed by atoms with Gasteiger partial charge in [-0.15, -0.1) is 0 Å². The maximum atomic E-state index is 13.6. The summed E-state index contributed by atoms with van der Waals surface area (Å²) in [6.07, 6.45) is 4.89. The molecule has 1 amide bonds. The topological polar surface area (TPSA) is 120 Å². The fourth-order valence-electron chi connectivity index (χ4n) is 6.28. The third-order valence-electron chi connectivity index (χ3n) is 9.23. The number of aromatic nitrogens is 4. The Labute approximate surface area is 284 Å². The van der Waals surface area contributed by atoms with Crippen LogP contribution in [-0.4, -0.2) is 82.0 Å². The summed E-state index contributed by atoms with van der Waals surface area (Å²) < 4.78 is 35.5. The Hall–Kier alpha value is -5.33. The summed E-state index contributed by atoms with van der Waals surface area (Å²) in [6, 6.07) is 21.6. The lowest BCUT2D eigenvalue weighted by molar-refractivity contribution is -0.139. The zero-order valence-corrected chi connectivity index (χ0v) is 28.5. The van der Waals surface area contributed by atoms with Crippen molar-refractivity contribution >= 4 is 37.7 Å². The number of benzene rings is 2. The van der Waals surface area contributed by atoms with Crippen LogP contribution in [0.2, 0.25) is 0 Å². The zero-order valence-electron chi connectivity index (χ0n) is 27.7. The average Bonchev–Trinajstić information content (AvgIpc) is 3.57. The molecule has 2 aromatic carbocycles. The molecule has 6 aromatic rings. The van der Waals surface area contributed by atoms with Gasteiger partial charge in [-0.25, -0.2) is 22.4 Å². The highest BCUT2D eigenvalue weighted by Gasteiger charge is 2.29. The summed E-state index contributed by atoms with van der Waals surface area (Å²) in [5.74, 6) is 0.648. The number of carbonyl (C=O) groups excluding carboxylic acids is 1. The minimum atomic E-state index is -4.01. The second-order valence-corrected chi connectivity index (χ2v) is 14.3. The first kappa shape index (κ1) is 32.2. The van der Waals surface area contributed by atoms with Crippen LogP contribution >= 0.6 is 0 Å². The molecule has 1 fully saturated rings. The maximum absolute atomic E-state index is 13.6.